The number of carbonyl (C=O) groups excluding carboxylic acids is 3. The Kier molecular flexibility index (Phi) is 7.75. The molecule has 1 spiro atoms. The monoisotopic (exact) mass is 682 g/mol. The van der Waals surface area contributed by atoms with Crippen molar-refractivity contribution in [3.8, 4) is 0 Å². The quantitative estimate of drug-likeness (QED) is 0.292. The minimum atomic E-state index is -1.70. The van der Waals surface area contributed by atoms with Crippen LogP contribution >= 0.6 is 0 Å². The van der Waals surface area contributed by atoms with Crippen LogP contribution in [0.15, 0.2) is 24.3 Å². The molecule has 0 aromatic heterocycles. The van der Waals surface area contributed by atoms with Gasteiger partial charge in [0.05, 0.1) is 48.3 Å². The van der Waals surface area contributed by atoms with Gasteiger partial charge in [-0.05, 0) is 43.9 Å². The second kappa shape index (κ2) is 11.3. The van der Waals surface area contributed by atoms with Gasteiger partial charge in [0.1, 0.15) is 11.2 Å². The third-order valence-electron chi connectivity index (χ3n) is 14.5. The lowest BCUT2D eigenvalue weighted by molar-refractivity contribution is -0.320. The summed E-state index contributed by atoms with van der Waals surface area (Å²) in [5.74, 6) is -2.47. The normalized spacial score (nSPS) is 48.0. The van der Waals surface area contributed by atoms with Crippen molar-refractivity contribution in [1.82, 2.24) is 4.90 Å². The third-order valence-corrected chi connectivity index (χ3v) is 14.5. The van der Waals surface area contributed by atoms with E-state index in [1.165, 1.54) is 0 Å². The highest BCUT2D eigenvalue weighted by molar-refractivity contribution is 6.22. The number of esters is 1. The molecule has 12 heteroatoms. The predicted octanol–water partition coefficient (Wildman–Crippen LogP) is 2.04. The number of para-hydroxylation sites is 1. The van der Waals surface area contributed by atoms with Crippen molar-refractivity contribution < 1.29 is 48.3 Å². The van der Waals surface area contributed by atoms with Gasteiger partial charge >= 0.3 is 5.97 Å². The maximum atomic E-state index is 14.1. The molecule has 268 valence electrons. The zero-order valence-electron chi connectivity index (χ0n) is 29.3. The van der Waals surface area contributed by atoms with Crippen LogP contribution < -0.4 is 4.90 Å². The van der Waals surface area contributed by atoms with Gasteiger partial charge in [0.15, 0.2) is 0 Å². The number of anilines is 1. The molecule has 1 aromatic rings. The Hall–Kier alpha value is -2.45. The number of fused-ring (bicyclic) bond motifs is 2. The molecular formula is C37H50N2O10. The number of ether oxygens (including phenoxy) is 5. The molecule has 49 heavy (non-hydrogen) atoms. The van der Waals surface area contributed by atoms with Crippen molar-refractivity contribution in [3.63, 3.8) is 0 Å². The fraction of sp³-hybridized carbons (Fsp3) is 0.757. The summed E-state index contributed by atoms with van der Waals surface area (Å²) in [6, 6.07) is 6.12. The standard InChI is InChI=1S/C37H50N2O10/c1-7-38-17-34(18-49-32(42)20-10-8-9-11-23(20)39-26(40)14-19(2)31(39)41)13-12-25(46-4)36-22-15-21-24(45-3)16-35(43,27(22)28(21)47-5)37(44,33(36)38)30(48-6)29(34)36/h8-11,19,21-22,24-25,27-30,33,43-44H,7,12-18H2,1-6H3/t19?,21-,22-,24+,25+,27-,28+,29-,30+,33+,34+,35-,36+,37+/m1/s1. The van der Waals surface area contributed by atoms with E-state index in [-0.39, 0.29) is 84.5 Å². The molecule has 5 aliphatic carbocycles. The van der Waals surface area contributed by atoms with Gasteiger partial charge < -0.3 is 33.9 Å². The van der Waals surface area contributed by atoms with Crippen molar-refractivity contribution in [2.45, 2.75) is 87.6 Å². The summed E-state index contributed by atoms with van der Waals surface area (Å²) in [4.78, 5) is 43.3. The first-order valence-corrected chi connectivity index (χ1v) is 17.9. The van der Waals surface area contributed by atoms with E-state index in [4.69, 9.17) is 23.7 Å². The molecule has 5 saturated carbocycles. The van der Waals surface area contributed by atoms with Crippen LogP contribution in [0.5, 0.6) is 0 Å². The fourth-order valence-electron chi connectivity index (χ4n) is 13.2. The number of nitrogens with zero attached hydrogens (tertiary/aromatic N) is 2. The van der Waals surface area contributed by atoms with Gasteiger partial charge in [-0.15, -0.1) is 0 Å². The van der Waals surface area contributed by atoms with Crippen molar-refractivity contribution in [1.29, 1.82) is 0 Å². The number of carbonyl (C=O) groups is 3. The van der Waals surface area contributed by atoms with Crippen LogP contribution in [0.4, 0.5) is 5.69 Å². The van der Waals surface area contributed by atoms with Gasteiger partial charge in [0.2, 0.25) is 11.8 Å². The lowest BCUT2D eigenvalue weighted by Gasteiger charge is -2.70. The van der Waals surface area contributed by atoms with E-state index in [1.807, 2.05) is 0 Å². The molecule has 7 bridgehead atoms. The minimum Gasteiger partial charge on any atom is -0.461 e. The Morgan fingerprint density at radius 1 is 1.04 bits per heavy atom. The Balaban J connectivity index is 1.23. The highest BCUT2D eigenvalue weighted by Crippen LogP contribution is 2.80. The number of piperidine rings is 1. The number of imide groups is 1. The second-order valence-electron chi connectivity index (χ2n) is 16.0. The molecule has 2 aliphatic heterocycles. The highest BCUT2D eigenvalue weighted by Gasteiger charge is 2.91. The summed E-state index contributed by atoms with van der Waals surface area (Å²) < 4.78 is 31.4. The topological polar surface area (TPSA) is 144 Å². The maximum absolute atomic E-state index is 14.1. The smallest absolute Gasteiger partial charge is 0.340 e. The number of hydrogen-bond donors (Lipinski definition) is 2. The highest BCUT2D eigenvalue weighted by atomic mass is 16.5. The zero-order valence-corrected chi connectivity index (χ0v) is 29.3. The molecule has 7 aliphatic rings. The molecule has 1 aromatic carbocycles. The summed E-state index contributed by atoms with van der Waals surface area (Å²) in [7, 11) is 6.70. The van der Waals surface area contributed by atoms with E-state index in [9.17, 15) is 24.6 Å². The molecule has 2 heterocycles. The van der Waals surface area contributed by atoms with E-state index in [1.54, 1.807) is 59.6 Å². The predicted molar refractivity (Wildman–Crippen MR) is 174 cm³/mol. The maximum Gasteiger partial charge on any atom is 0.340 e. The van der Waals surface area contributed by atoms with Crippen molar-refractivity contribution in [2.75, 3.05) is 53.0 Å². The summed E-state index contributed by atoms with van der Waals surface area (Å²) in [6.07, 6.45) is 0.813. The number of amides is 2. The van der Waals surface area contributed by atoms with E-state index >= 15 is 0 Å². The van der Waals surface area contributed by atoms with E-state index < -0.39 is 46.1 Å². The zero-order chi connectivity index (χ0) is 34.8. The Bertz CT molecular complexity index is 1560. The first-order chi connectivity index (χ1) is 23.4. The Morgan fingerprint density at radius 2 is 1.80 bits per heavy atom. The largest absolute Gasteiger partial charge is 0.461 e. The SMILES string of the molecule is CCN1C[C@]2(COC(=O)c3ccccc3N3C(=O)CC(C)C3=O)CC[C@H](OC)[C@@]34[C@@H]5C[C@H]6[C@H](OC)[C@@H]5[C@](O)(C[C@@H]6OC)[C@](O)([C@@H](OC)[C@H]23)[C@@H]14. The molecule has 7 fully saturated rings. The van der Waals surface area contributed by atoms with Crippen LogP contribution in [0.1, 0.15) is 56.3 Å². The number of rotatable bonds is 9. The number of likely N-dealkylation sites (N-methyl/N-ethyl adjacent to an activating group) is 1. The Labute approximate surface area is 287 Å². The number of aliphatic hydroxyl groups is 2. The van der Waals surface area contributed by atoms with Gasteiger partial charge in [-0.25, -0.2) is 9.69 Å². The number of hydrogen-bond acceptors (Lipinski definition) is 11. The van der Waals surface area contributed by atoms with Crippen LogP contribution in [-0.4, -0.2) is 123 Å². The summed E-state index contributed by atoms with van der Waals surface area (Å²) in [6.45, 7) is 4.95. The summed E-state index contributed by atoms with van der Waals surface area (Å²) >= 11 is 0. The van der Waals surface area contributed by atoms with Crippen LogP contribution in [0.2, 0.25) is 0 Å². The molecule has 8 rings (SSSR count). The van der Waals surface area contributed by atoms with Gasteiger partial charge in [-0.3, -0.25) is 14.5 Å². The van der Waals surface area contributed by atoms with Gasteiger partial charge in [-0.2, -0.15) is 0 Å². The van der Waals surface area contributed by atoms with Crippen LogP contribution in [0.25, 0.3) is 0 Å². The van der Waals surface area contributed by atoms with Crippen LogP contribution in [0, 0.1) is 40.4 Å². The van der Waals surface area contributed by atoms with Crippen molar-refractivity contribution >= 4 is 23.5 Å². The van der Waals surface area contributed by atoms with E-state index in [0.717, 1.165) is 11.3 Å². The lowest BCUT2D eigenvalue weighted by Crippen LogP contribution is -2.82. The summed E-state index contributed by atoms with van der Waals surface area (Å²) in [5, 5.41) is 26.6. The van der Waals surface area contributed by atoms with Crippen molar-refractivity contribution in [3.05, 3.63) is 29.8 Å². The first kappa shape index (κ1) is 33.7. The van der Waals surface area contributed by atoms with E-state index in [2.05, 4.69) is 11.8 Å². The van der Waals surface area contributed by atoms with E-state index in [0.29, 0.717) is 25.9 Å². The summed E-state index contributed by atoms with van der Waals surface area (Å²) in [5.41, 5.74) is -4.17. The molecular weight excluding hydrogens is 632 g/mol. The van der Waals surface area contributed by atoms with Crippen LogP contribution in [-0.2, 0) is 33.3 Å². The average Bonchev–Trinajstić information content (AvgIpc) is 3.63. The number of benzene rings is 1. The van der Waals surface area contributed by atoms with Gasteiger partial charge in [-0.1, -0.05) is 26.0 Å². The average molecular weight is 683 g/mol. The lowest BCUT2D eigenvalue weighted by atomic mass is 9.42. The fourth-order valence-corrected chi connectivity index (χ4v) is 13.2. The Morgan fingerprint density at radius 3 is 2.43 bits per heavy atom. The molecule has 2 N–H and O–H groups in total. The molecule has 14 atom stereocenters. The first-order valence-electron chi connectivity index (χ1n) is 17.9. The molecule has 1 unspecified atom stereocenters. The van der Waals surface area contributed by atoms with Crippen molar-refractivity contribution in [2.24, 2.45) is 40.4 Å². The van der Waals surface area contributed by atoms with Crippen LogP contribution in [0.3, 0.4) is 0 Å². The van der Waals surface area contributed by atoms with Gasteiger partial charge in [0, 0.05) is 82.3 Å². The minimum absolute atomic E-state index is 0.0358. The number of methoxy groups -OCH3 is 4. The molecule has 2 saturated heterocycles. The molecule has 2 amide bonds. The second-order valence-corrected chi connectivity index (χ2v) is 16.0. The van der Waals surface area contributed by atoms with Gasteiger partial charge in [0.25, 0.3) is 0 Å². The number of likely N-dealkylation sites (tertiary alicyclic amines) is 1. The third kappa shape index (κ3) is 3.86. The molecule has 0 radical (unpaired) electrons. The molecule has 12 nitrogen and oxygen atoms in total.